The van der Waals surface area contributed by atoms with Gasteiger partial charge in [-0.25, -0.2) is 14.5 Å². The highest BCUT2D eigenvalue weighted by molar-refractivity contribution is 7.46. The maximum absolute atomic E-state index is 10.7. The van der Waals surface area contributed by atoms with Gasteiger partial charge in [0.25, 0.3) is 0 Å². The van der Waals surface area contributed by atoms with Crippen LogP contribution in [0.15, 0.2) is 12.7 Å². The second kappa shape index (κ2) is 5.89. The van der Waals surface area contributed by atoms with Crippen molar-refractivity contribution in [3.8, 4) is 0 Å². The van der Waals surface area contributed by atoms with Gasteiger partial charge in [0.1, 0.15) is 24.6 Å². The number of hydrogen-bond acceptors (Lipinski definition) is 9. The molecule has 0 bridgehead atoms. The Morgan fingerprint density at radius 2 is 2.00 bits per heavy atom. The summed E-state index contributed by atoms with van der Waals surface area (Å²) in [4.78, 5) is 25.2. The van der Waals surface area contributed by atoms with E-state index in [-0.39, 0.29) is 16.7 Å². The zero-order chi connectivity index (χ0) is 17.6. The second-order valence-corrected chi connectivity index (χ2v) is 6.33. The Bertz CT molecular complexity index is 861. The van der Waals surface area contributed by atoms with Crippen LogP contribution >= 0.6 is 7.82 Å². The third-order valence-electron chi connectivity index (χ3n) is 3.53. The van der Waals surface area contributed by atoms with Gasteiger partial charge in [-0.15, -0.1) is 0 Å². The molecule has 132 valence electrons. The minimum atomic E-state index is -4.76. The zero-order valence-corrected chi connectivity index (χ0v) is 12.8. The molecule has 6 N–H and O–H groups in total. The normalized spacial score (nSPS) is 27.8. The van der Waals surface area contributed by atoms with E-state index in [0.717, 1.165) is 6.33 Å². The monoisotopic (exact) mass is 363 g/mol. The summed E-state index contributed by atoms with van der Waals surface area (Å²) in [6.07, 6.45) is -3.14. The van der Waals surface area contributed by atoms with E-state index < -0.39 is 39.0 Å². The summed E-state index contributed by atoms with van der Waals surface area (Å²) in [5.41, 5.74) is -0.202. The van der Waals surface area contributed by atoms with E-state index in [1.165, 1.54) is 10.9 Å². The van der Waals surface area contributed by atoms with Gasteiger partial charge in [0, 0.05) is 0 Å². The third kappa shape index (κ3) is 2.93. The summed E-state index contributed by atoms with van der Waals surface area (Å²) < 4.78 is 22.1. The number of aliphatic hydroxyl groups is 2. The van der Waals surface area contributed by atoms with E-state index in [4.69, 9.17) is 19.9 Å². The fraction of sp³-hybridized carbons (Fsp3) is 0.500. The predicted molar refractivity (Wildman–Crippen MR) is 72.5 cm³/mol. The van der Waals surface area contributed by atoms with Crippen molar-refractivity contribution in [2.45, 2.75) is 24.5 Å². The first kappa shape index (κ1) is 17.0. The number of fused-ring (bicyclic) bond motifs is 1. The molecule has 13 nitrogen and oxygen atoms in total. The molecule has 1 aliphatic heterocycles. The standard InChI is InChI=1S/C10H14N5O8P/c11-8-5-9(13-3-15(8)18)14(2-12-5)10-7(17)6(16)4(23-10)1-22-24(19,20)21/h2-4,6-7,10-11,16-18H,1H2,(H2,19,20,21)/t4-,6-,7-,10?/m1/s1. The molecule has 4 atom stereocenters. The Morgan fingerprint density at radius 1 is 1.29 bits per heavy atom. The van der Waals surface area contributed by atoms with Crippen LogP contribution in [0.3, 0.4) is 0 Å². The van der Waals surface area contributed by atoms with Crippen LogP contribution in [-0.2, 0) is 13.8 Å². The van der Waals surface area contributed by atoms with E-state index in [2.05, 4.69) is 14.5 Å². The highest BCUT2D eigenvalue weighted by Crippen LogP contribution is 2.38. The smallest absolute Gasteiger partial charge is 0.425 e. The Labute approximate surface area is 133 Å². The van der Waals surface area contributed by atoms with Gasteiger partial charge in [-0.2, -0.15) is 4.73 Å². The average molecular weight is 363 g/mol. The maximum Gasteiger partial charge on any atom is 0.469 e. The SMILES string of the molecule is N=c1c2ncn(C3O[C@H](COP(=O)(O)O)[C@@H](O)[C@H]3O)c2ncn1O. The van der Waals surface area contributed by atoms with E-state index in [1.54, 1.807) is 0 Å². The number of hydrogen-bond donors (Lipinski definition) is 6. The van der Waals surface area contributed by atoms with E-state index >= 15 is 0 Å². The number of nitrogens with zero attached hydrogens (tertiary/aromatic N) is 4. The van der Waals surface area contributed by atoms with Crippen LogP contribution in [-0.4, -0.2) is 69.4 Å². The quantitative estimate of drug-likeness (QED) is 0.253. The lowest BCUT2D eigenvalue weighted by atomic mass is 10.1. The molecule has 1 aliphatic rings. The molecule has 1 fully saturated rings. The predicted octanol–water partition coefficient (Wildman–Crippen LogP) is -2.32. The molecule has 1 saturated heterocycles. The molecule has 3 rings (SSSR count). The van der Waals surface area contributed by atoms with Crippen LogP contribution < -0.4 is 5.49 Å². The van der Waals surface area contributed by atoms with Gasteiger partial charge in [-0.1, -0.05) is 0 Å². The van der Waals surface area contributed by atoms with Gasteiger partial charge >= 0.3 is 7.82 Å². The molecule has 0 spiro atoms. The van der Waals surface area contributed by atoms with Crippen LogP contribution in [0.5, 0.6) is 0 Å². The molecular weight excluding hydrogens is 349 g/mol. The highest BCUT2D eigenvalue weighted by atomic mass is 31.2. The van der Waals surface area contributed by atoms with Crippen LogP contribution in [0.25, 0.3) is 11.2 Å². The van der Waals surface area contributed by atoms with Crippen molar-refractivity contribution in [1.29, 1.82) is 5.41 Å². The van der Waals surface area contributed by atoms with Crippen LogP contribution in [0, 0.1) is 5.41 Å². The van der Waals surface area contributed by atoms with Crippen molar-refractivity contribution in [3.05, 3.63) is 18.1 Å². The molecule has 1 unspecified atom stereocenters. The van der Waals surface area contributed by atoms with Gasteiger partial charge < -0.3 is 29.9 Å². The fourth-order valence-electron chi connectivity index (χ4n) is 2.38. The second-order valence-electron chi connectivity index (χ2n) is 5.09. The van der Waals surface area contributed by atoms with Crippen LogP contribution in [0.4, 0.5) is 0 Å². The Hall–Kier alpha value is -1.86. The molecule has 0 aliphatic carbocycles. The van der Waals surface area contributed by atoms with Gasteiger partial charge in [-0.3, -0.25) is 14.5 Å². The van der Waals surface area contributed by atoms with Gasteiger partial charge in [0.15, 0.2) is 22.9 Å². The number of aliphatic hydroxyl groups excluding tert-OH is 2. The minimum Gasteiger partial charge on any atom is -0.425 e. The topological polar surface area (TPSA) is 196 Å². The van der Waals surface area contributed by atoms with Crippen LogP contribution in [0.2, 0.25) is 0 Å². The summed E-state index contributed by atoms with van der Waals surface area (Å²) in [5.74, 6) is 0. The van der Waals surface area contributed by atoms with Crippen LogP contribution in [0.1, 0.15) is 6.23 Å². The molecule has 2 aromatic rings. The summed E-state index contributed by atoms with van der Waals surface area (Å²) in [7, 11) is -4.76. The van der Waals surface area contributed by atoms with Crippen molar-refractivity contribution in [1.82, 2.24) is 19.3 Å². The number of nitrogens with one attached hydrogen (secondary N) is 1. The first-order chi connectivity index (χ1) is 11.2. The molecule has 0 saturated carbocycles. The largest absolute Gasteiger partial charge is 0.469 e. The van der Waals surface area contributed by atoms with Crippen molar-refractivity contribution in [2.75, 3.05) is 6.61 Å². The van der Waals surface area contributed by atoms with Gasteiger partial charge in [0.2, 0.25) is 0 Å². The number of phosphoric acid groups is 1. The van der Waals surface area contributed by atoms with Gasteiger partial charge in [0.05, 0.1) is 12.9 Å². The Morgan fingerprint density at radius 3 is 2.67 bits per heavy atom. The summed E-state index contributed by atoms with van der Waals surface area (Å²) in [6.45, 7) is -0.639. The molecule has 0 radical (unpaired) electrons. The summed E-state index contributed by atoms with van der Waals surface area (Å²) >= 11 is 0. The lowest BCUT2D eigenvalue weighted by Crippen LogP contribution is -2.33. The highest BCUT2D eigenvalue weighted by Gasteiger charge is 2.45. The van der Waals surface area contributed by atoms with E-state index in [1.807, 2.05) is 0 Å². The lowest BCUT2D eigenvalue weighted by Gasteiger charge is -2.16. The molecule has 2 aromatic heterocycles. The number of ether oxygens (including phenoxy) is 1. The minimum absolute atomic E-state index is 0.0280. The number of imidazole rings is 1. The van der Waals surface area contributed by atoms with E-state index in [9.17, 15) is 20.0 Å². The number of phosphoric ester groups is 1. The van der Waals surface area contributed by atoms with Crippen molar-refractivity contribution >= 4 is 19.0 Å². The first-order valence-corrected chi connectivity index (χ1v) is 8.12. The van der Waals surface area contributed by atoms with E-state index in [0.29, 0.717) is 4.73 Å². The molecule has 0 aromatic carbocycles. The average Bonchev–Trinajstić information content (AvgIpc) is 3.04. The molecule has 24 heavy (non-hydrogen) atoms. The third-order valence-corrected chi connectivity index (χ3v) is 4.01. The van der Waals surface area contributed by atoms with Crippen molar-refractivity contribution in [3.63, 3.8) is 0 Å². The van der Waals surface area contributed by atoms with Crippen molar-refractivity contribution in [2.24, 2.45) is 0 Å². The molecule has 3 heterocycles. The number of aromatic nitrogens is 4. The Kier molecular flexibility index (Phi) is 4.17. The first-order valence-electron chi connectivity index (χ1n) is 6.59. The molecule has 14 heteroatoms. The lowest BCUT2D eigenvalue weighted by molar-refractivity contribution is -0.0504. The fourth-order valence-corrected chi connectivity index (χ4v) is 2.72. The van der Waals surface area contributed by atoms with Gasteiger partial charge in [-0.05, 0) is 0 Å². The maximum atomic E-state index is 10.7. The summed E-state index contributed by atoms with van der Waals surface area (Å²) in [6, 6.07) is 0. The molecule has 0 amide bonds. The van der Waals surface area contributed by atoms with Crippen molar-refractivity contribution < 1.29 is 39.0 Å². The molecular formula is C10H14N5O8P. The zero-order valence-electron chi connectivity index (χ0n) is 11.9. The summed E-state index contributed by atoms with van der Waals surface area (Å²) in [5, 5.41) is 37.1. The number of rotatable bonds is 4. The Balaban J connectivity index is 1.89.